The summed E-state index contributed by atoms with van der Waals surface area (Å²) in [5, 5.41) is 4.77. The smallest absolute Gasteiger partial charge is 0.142 e. The van der Waals surface area contributed by atoms with Crippen LogP contribution >= 0.6 is 11.6 Å². The van der Waals surface area contributed by atoms with E-state index >= 15 is 0 Å². The van der Waals surface area contributed by atoms with Gasteiger partial charge in [0.15, 0.2) is 0 Å². The van der Waals surface area contributed by atoms with Gasteiger partial charge in [0.2, 0.25) is 0 Å². The molecule has 0 unspecified atom stereocenters. The molecular formula is C17H12ClFN4. The van der Waals surface area contributed by atoms with Crippen molar-refractivity contribution in [3.63, 3.8) is 0 Å². The first-order valence-electron chi connectivity index (χ1n) is 7.20. The highest BCUT2D eigenvalue weighted by molar-refractivity contribution is 6.30. The van der Waals surface area contributed by atoms with E-state index in [2.05, 4.69) is 15.1 Å². The molecule has 4 rings (SSSR count). The first kappa shape index (κ1) is 14.1. The fourth-order valence-electron chi connectivity index (χ4n) is 2.73. The maximum Gasteiger partial charge on any atom is 0.142 e. The second-order valence-corrected chi connectivity index (χ2v) is 5.64. The molecule has 3 heterocycles. The van der Waals surface area contributed by atoms with E-state index in [0.29, 0.717) is 18.7 Å². The largest absolute Gasteiger partial charge is 0.289 e. The van der Waals surface area contributed by atoms with Crippen molar-refractivity contribution in [2.45, 2.75) is 6.54 Å². The lowest BCUT2D eigenvalue weighted by Crippen LogP contribution is -2.12. The quantitative estimate of drug-likeness (QED) is 0.718. The van der Waals surface area contributed by atoms with Gasteiger partial charge in [-0.2, -0.15) is 5.10 Å². The van der Waals surface area contributed by atoms with Crippen molar-refractivity contribution in [2.24, 2.45) is 4.99 Å². The second-order valence-electron chi connectivity index (χ2n) is 5.23. The number of halogens is 2. The van der Waals surface area contributed by atoms with Gasteiger partial charge in [-0.15, -0.1) is 0 Å². The third-order valence-corrected chi connectivity index (χ3v) is 4.11. The molecule has 0 amide bonds. The maximum absolute atomic E-state index is 13.9. The molecule has 0 atom stereocenters. The minimum Gasteiger partial charge on any atom is -0.289 e. The molecule has 2 aromatic heterocycles. The van der Waals surface area contributed by atoms with Crippen LogP contribution in [-0.2, 0) is 6.54 Å². The molecule has 0 saturated heterocycles. The van der Waals surface area contributed by atoms with Gasteiger partial charge < -0.3 is 0 Å². The molecule has 0 radical (unpaired) electrons. The number of aliphatic imine (C=N–C) groups is 1. The number of nitrogens with zero attached hydrogens (tertiary/aromatic N) is 4. The van der Waals surface area contributed by atoms with E-state index < -0.39 is 5.82 Å². The summed E-state index contributed by atoms with van der Waals surface area (Å²) in [6.45, 7) is 1.40. The number of fused-ring (bicyclic) bond motifs is 1. The van der Waals surface area contributed by atoms with Gasteiger partial charge in [-0.05, 0) is 29.8 Å². The third kappa shape index (κ3) is 2.43. The Hall–Kier alpha value is -2.53. The lowest BCUT2D eigenvalue weighted by atomic mass is 9.99. The molecule has 0 aliphatic carbocycles. The SMILES string of the molecule is Fc1cc(-c2nn3c(c2-c2ccncc2)C=NCC3)ccc1Cl. The molecule has 0 N–H and O–H groups in total. The summed E-state index contributed by atoms with van der Waals surface area (Å²) in [7, 11) is 0. The summed E-state index contributed by atoms with van der Waals surface area (Å²) in [5.74, 6) is -0.454. The zero-order valence-electron chi connectivity index (χ0n) is 12.1. The van der Waals surface area contributed by atoms with Gasteiger partial charge in [0.05, 0.1) is 23.8 Å². The standard InChI is InChI=1S/C17H12ClFN4/c18-13-2-1-12(9-14(13)19)17-16(11-3-5-20-6-4-11)15-10-21-7-8-23(15)22-17/h1-6,9-10H,7-8H2. The highest BCUT2D eigenvalue weighted by Gasteiger charge is 2.21. The Morgan fingerprint density at radius 1 is 1.09 bits per heavy atom. The van der Waals surface area contributed by atoms with Crippen LogP contribution in [0.3, 0.4) is 0 Å². The minimum absolute atomic E-state index is 0.102. The number of benzene rings is 1. The lowest BCUT2D eigenvalue weighted by Gasteiger charge is -2.08. The van der Waals surface area contributed by atoms with E-state index in [9.17, 15) is 4.39 Å². The fourth-order valence-corrected chi connectivity index (χ4v) is 2.85. The molecule has 3 aromatic rings. The molecule has 0 fully saturated rings. The van der Waals surface area contributed by atoms with E-state index in [-0.39, 0.29) is 5.02 Å². The van der Waals surface area contributed by atoms with Gasteiger partial charge in [-0.1, -0.05) is 17.7 Å². The first-order chi connectivity index (χ1) is 11.2. The van der Waals surface area contributed by atoms with Crippen LogP contribution in [0.4, 0.5) is 4.39 Å². The normalized spacial score (nSPS) is 13.1. The van der Waals surface area contributed by atoms with Crippen LogP contribution < -0.4 is 0 Å². The van der Waals surface area contributed by atoms with Crippen LogP contribution in [0.2, 0.25) is 5.02 Å². The molecule has 114 valence electrons. The van der Waals surface area contributed by atoms with E-state index in [0.717, 1.165) is 22.5 Å². The van der Waals surface area contributed by atoms with Crippen LogP contribution in [-0.4, -0.2) is 27.5 Å². The summed E-state index contributed by atoms with van der Waals surface area (Å²) in [5.41, 5.74) is 4.23. The number of rotatable bonds is 2. The van der Waals surface area contributed by atoms with Gasteiger partial charge in [-0.25, -0.2) is 4.39 Å². The first-order valence-corrected chi connectivity index (χ1v) is 7.58. The molecule has 4 nitrogen and oxygen atoms in total. The van der Waals surface area contributed by atoms with E-state index in [1.165, 1.54) is 6.07 Å². The Morgan fingerprint density at radius 3 is 2.70 bits per heavy atom. The predicted octanol–water partition coefficient (Wildman–Crippen LogP) is 3.84. The van der Waals surface area contributed by atoms with Gasteiger partial charge in [0.25, 0.3) is 0 Å². The van der Waals surface area contributed by atoms with Crippen LogP contribution in [0.1, 0.15) is 5.69 Å². The fraction of sp³-hybridized carbons (Fsp3) is 0.118. The molecule has 1 aromatic carbocycles. The summed E-state index contributed by atoms with van der Waals surface area (Å²) in [6.07, 6.45) is 5.28. The zero-order valence-corrected chi connectivity index (χ0v) is 12.8. The van der Waals surface area contributed by atoms with Crippen molar-refractivity contribution in [1.29, 1.82) is 0 Å². The summed E-state index contributed by atoms with van der Waals surface area (Å²) in [6, 6.07) is 8.57. The van der Waals surface area contributed by atoms with Crippen LogP contribution in [0.5, 0.6) is 0 Å². The molecule has 1 aliphatic heterocycles. The highest BCUT2D eigenvalue weighted by atomic mass is 35.5. The summed E-state index contributed by atoms with van der Waals surface area (Å²) in [4.78, 5) is 8.40. The molecule has 23 heavy (non-hydrogen) atoms. The molecular weight excluding hydrogens is 315 g/mol. The van der Waals surface area contributed by atoms with Crippen LogP contribution in [0, 0.1) is 5.82 Å². The van der Waals surface area contributed by atoms with Crippen molar-refractivity contribution in [3.8, 4) is 22.4 Å². The molecule has 6 heteroatoms. The zero-order chi connectivity index (χ0) is 15.8. The second kappa shape index (κ2) is 5.59. The van der Waals surface area contributed by atoms with Gasteiger partial charge >= 0.3 is 0 Å². The Morgan fingerprint density at radius 2 is 1.91 bits per heavy atom. The predicted molar refractivity (Wildman–Crippen MR) is 88.3 cm³/mol. The van der Waals surface area contributed by atoms with Crippen molar-refractivity contribution in [1.82, 2.24) is 14.8 Å². The van der Waals surface area contributed by atoms with Crippen molar-refractivity contribution < 1.29 is 4.39 Å². The molecule has 1 aliphatic rings. The van der Waals surface area contributed by atoms with Gasteiger partial charge in [0.1, 0.15) is 11.5 Å². The minimum atomic E-state index is -0.454. The number of hydrogen-bond donors (Lipinski definition) is 0. The van der Waals surface area contributed by atoms with Gasteiger partial charge in [0, 0.05) is 29.7 Å². The lowest BCUT2D eigenvalue weighted by molar-refractivity contribution is 0.612. The monoisotopic (exact) mass is 326 g/mol. The van der Waals surface area contributed by atoms with Crippen molar-refractivity contribution in [3.05, 3.63) is 59.3 Å². The summed E-state index contributed by atoms with van der Waals surface area (Å²) >= 11 is 5.80. The van der Waals surface area contributed by atoms with Crippen molar-refractivity contribution >= 4 is 17.8 Å². The molecule has 0 spiro atoms. The third-order valence-electron chi connectivity index (χ3n) is 3.81. The number of hydrogen-bond acceptors (Lipinski definition) is 3. The Bertz CT molecular complexity index is 902. The topological polar surface area (TPSA) is 43.1 Å². The van der Waals surface area contributed by atoms with Crippen LogP contribution in [0.15, 0.2) is 47.7 Å². The maximum atomic E-state index is 13.9. The van der Waals surface area contributed by atoms with Gasteiger partial charge in [-0.3, -0.25) is 14.7 Å². The average Bonchev–Trinajstić information content (AvgIpc) is 2.97. The number of pyridine rings is 1. The van der Waals surface area contributed by atoms with Crippen molar-refractivity contribution in [2.75, 3.05) is 6.54 Å². The Balaban J connectivity index is 1.98. The molecule has 0 bridgehead atoms. The Labute approximate surface area is 137 Å². The van der Waals surface area contributed by atoms with E-state index in [1.54, 1.807) is 24.5 Å². The number of aromatic nitrogens is 3. The molecule has 0 saturated carbocycles. The van der Waals surface area contributed by atoms with E-state index in [4.69, 9.17) is 11.6 Å². The average molecular weight is 327 g/mol. The van der Waals surface area contributed by atoms with Crippen LogP contribution in [0.25, 0.3) is 22.4 Å². The highest BCUT2D eigenvalue weighted by Crippen LogP contribution is 2.35. The Kier molecular flexibility index (Phi) is 3.42. The summed E-state index contributed by atoms with van der Waals surface area (Å²) < 4.78 is 15.8. The van der Waals surface area contributed by atoms with E-state index in [1.807, 2.05) is 23.0 Å².